The van der Waals surface area contributed by atoms with Gasteiger partial charge in [0.15, 0.2) is 11.5 Å². The third-order valence-electron chi connectivity index (χ3n) is 4.83. The third-order valence-corrected chi connectivity index (χ3v) is 6.61. The van der Waals surface area contributed by atoms with Gasteiger partial charge in [-0.15, -0.1) is 0 Å². The van der Waals surface area contributed by atoms with E-state index in [4.69, 9.17) is 9.47 Å². The Labute approximate surface area is 173 Å². The molecule has 7 heteroatoms. The van der Waals surface area contributed by atoms with E-state index in [1.54, 1.807) is 54.6 Å². The van der Waals surface area contributed by atoms with Crippen LogP contribution in [0.1, 0.15) is 11.4 Å². The summed E-state index contributed by atoms with van der Waals surface area (Å²) in [4.78, 5) is 7.96. The summed E-state index contributed by atoms with van der Waals surface area (Å²) in [5.74, 6) is 1.53. The topological polar surface area (TPSA) is 81.3 Å². The zero-order valence-electron chi connectivity index (χ0n) is 15.9. The van der Waals surface area contributed by atoms with Crippen LogP contribution in [0.4, 0.5) is 0 Å². The van der Waals surface area contributed by atoms with E-state index < -0.39 is 9.84 Å². The van der Waals surface area contributed by atoms with Crippen LogP contribution >= 0.6 is 0 Å². The first-order valence-corrected chi connectivity index (χ1v) is 11.0. The quantitative estimate of drug-likeness (QED) is 0.534. The highest BCUT2D eigenvalue weighted by atomic mass is 32.2. The van der Waals surface area contributed by atoms with Crippen molar-refractivity contribution >= 4 is 31.9 Å². The summed E-state index contributed by atoms with van der Waals surface area (Å²) < 4.78 is 38.2. The first kappa shape index (κ1) is 18.4. The smallest absolute Gasteiger partial charge is 0.210 e. The average molecular weight is 418 g/mol. The maximum absolute atomic E-state index is 13.5. The van der Waals surface area contributed by atoms with Crippen molar-refractivity contribution in [1.29, 1.82) is 0 Å². The van der Waals surface area contributed by atoms with Gasteiger partial charge in [0.05, 0.1) is 15.9 Å². The lowest BCUT2D eigenvalue weighted by Gasteiger charge is -2.18. The minimum atomic E-state index is -3.83. The Hall–Kier alpha value is -3.58. The van der Waals surface area contributed by atoms with Crippen LogP contribution in [0.3, 0.4) is 0 Å². The van der Waals surface area contributed by atoms with Crippen molar-refractivity contribution in [3.05, 3.63) is 84.2 Å². The molecule has 0 saturated carbocycles. The molecule has 0 amide bonds. The Morgan fingerprint density at radius 2 is 1.63 bits per heavy atom. The first-order valence-electron chi connectivity index (χ1n) is 9.48. The molecule has 5 rings (SSSR count). The van der Waals surface area contributed by atoms with Gasteiger partial charge in [-0.1, -0.05) is 36.4 Å². The van der Waals surface area contributed by atoms with Crippen molar-refractivity contribution < 1.29 is 17.9 Å². The van der Waals surface area contributed by atoms with Crippen LogP contribution in [-0.4, -0.2) is 31.6 Å². The number of ether oxygens (including phenoxy) is 2. The van der Waals surface area contributed by atoms with Crippen molar-refractivity contribution in [2.75, 3.05) is 13.2 Å². The maximum atomic E-state index is 13.5. The minimum absolute atomic E-state index is 0.0848. The molecule has 1 N–H and O–H groups in total. The predicted octanol–water partition coefficient (Wildman–Crippen LogP) is 4.31. The van der Waals surface area contributed by atoms with Crippen LogP contribution in [0, 0.1) is 0 Å². The van der Waals surface area contributed by atoms with Gasteiger partial charge in [0.25, 0.3) is 0 Å². The van der Waals surface area contributed by atoms with Gasteiger partial charge in [-0.25, -0.2) is 13.4 Å². The Morgan fingerprint density at radius 1 is 0.900 bits per heavy atom. The van der Waals surface area contributed by atoms with E-state index in [9.17, 15) is 8.42 Å². The molecule has 150 valence electrons. The van der Waals surface area contributed by atoms with Crippen LogP contribution in [0.15, 0.2) is 77.7 Å². The molecule has 4 aromatic rings. The molecule has 0 fully saturated rings. The normalized spacial score (nSPS) is 14.1. The van der Waals surface area contributed by atoms with Crippen molar-refractivity contribution in [2.24, 2.45) is 0 Å². The van der Waals surface area contributed by atoms with E-state index in [1.807, 2.05) is 24.3 Å². The van der Waals surface area contributed by atoms with E-state index in [-0.39, 0.29) is 15.6 Å². The molecule has 2 heterocycles. The average Bonchev–Trinajstić information content (AvgIpc) is 3.21. The van der Waals surface area contributed by atoms with Crippen LogP contribution in [-0.2, 0) is 9.84 Å². The Balaban J connectivity index is 1.69. The summed E-state index contributed by atoms with van der Waals surface area (Å²) in [6.07, 6.45) is 1.61. The van der Waals surface area contributed by atoms with E-state index >= 15 is 0 Å². The fourth-order valence-corrected chi connectivity index (χ4v) is 4.78. The second-order valence-electron chi connectivity index (χ2n) is 6.83. The fourth-order valence-electron chi connectivity index (χ4n) is 3.37. The number of aromatic amines is 1. The highest BCUT2D eigenvalue weighted by Crippen LogP contribution is 2.34. The van der Waals surface area contributed by atoms with Crippen molar-refractivity contribution in [3.8, 4) is 11.5 Å². The van der Waals surface area contributed by atoms with Gasteiger partial charge in [0, 0.05) is 0 Å². The summed E-state index contributed by atoms with van der Waals surface area (Å²) in [7, 11) is -3.83. The van der Waals surface area contributed by atoms with E-state index in [0.717, 1.165) is 5.52 Å². The Bertz CT molecular complexity index is 1330. The zero-order chi connectivity index (χ0) is 20.6. The van der Waals surface area contributed by atoms with Gasteiger partial charge in [0.1, 0.15) is 23.9 Å². The van der Waals surface area contributed by atoms with Crippen molar-refractivity contribution in [1.82, 2.24) is 9.97 Å². The molecule has 0 aliphatic carbocycles. The molecule has 0 unspecified atom stereocenters. The second-order valence-corrected chi connectivity index (χ2v) is 8.75. The number of nitrogens with one attached hydrogen (secondary N) is 1. The molecule has 0 saturated heterocycles. The number of H-pyrrole nitrogens is 1. The number of hydrogen-bond acceptors (Lipinski definition) is 5. The molecule has 1 aromatic heterocycles. The van der Waals surface area contributed by atoms with Crippen molar-refractivity contribution in [3.63, 3.8) is 0 Å². The predicted molar refractivity (Wildman–Crippen MR) is 115 cm³/mol. The minimum Gasteiger partial charge on any atom is -0.486 e. The number of sulfone groups is 1. The van der Waals surface area contributed by atoms with Gasteiger partial charge >= 0.3 is 0 Å². The molecule has 0 atom stereocenters. The number of imidazole rings is 1. The van der Waals surface area contributed by atoms with Gasteiger partial charge in [-0.3, -0.25) is 0 Å². The number of nitrogens with zero attached hydrogens (tertiary/aromatic N) is 1. The van der Waals surface area contributed by atoms with Crippen LogP contribution < -0.4 is 9.47 Å². The molecule has 1 aliphatic heterocycles. The van der Waals surface area contributed by atoms with Gasteiger partial charge < -0.3 is 14.5 Å². The lowest BCUT2D eigenvalue weighted by Crippen LogP contribution is -2.15. The van der Waals surface area contributed by atoms with Gasteiger partial charge in [0.2, 0.25) is 9.84 Å². The fraction of sp³-hybridized carbons (Fsp3) is 0.0870. The maximum Gasteiger partial charge on any atom is 0.210 e. The number of benzene rings is 3. The summed E-state index contributed by atoms with van der Waals surface area (Å²) >= 11 is 0. The number of rotatable bonds is 4. The monoisotopic (exact) mass is 418 g/mol. The van der Waals surface area contributed by atoms with E-state index in [0.29, 0.717) is 35.8 Å². The van der Waals surface area contributed by atoms with Crippen LogP contribution in [0.2, 0.25) is 0 Å². The molecule has 30 heavy (non-hydrogen) atoms. The van der Waals surface area contributed by atoms with E-state index in [2.05, 4.69) is 9.97 Å². The lowest BCUT2D eigenvalue weighted by molar-refractivity contribution is 0.171. The van der Waals surface area contributed by atoms with Gasteiger partial charge in [-0.2, -0.15) is 0 Å². The lowest BCUT2D eigenvalue weighted by atomic mass is 10.2. The molecule has 0 bridgehead atoms. The number of aromatic nitrogens is 2. The standard InChI is InChI=1S/C23H18N2O4S/c26-30(27,17-6-2-1-3-7-17)22(23-24-18-8-4-5-9-19(18)25-23)15-16-10-11-20-21(14-16)29-13-12-28-20/h1-11,14-15H,12-13H2,(H,24,25). The molecule has 0 radical (unpaired) electrons. The summed E-state index contributed by atoms with van der Waals surface area (Å²) in [5.41, 5.74) is 2.14. The van der Waals surface area contributed by atoms with E-state index in [1.165, 1.54) is 0 Å². The number of para-hydroxylation sites is 2. The first-order chi connectivity index (χ1) is 14.6. The van der Waals surface area contributed by atoms with Crippen LogP contribution in [0.5, 0.6) is 11.5 Å². The molecule has 1 aliphatic rings. The summed E-state index contributed by atoms with van der Waals surface area (Å²) in [6, 6.07) is 21.1. The molecular weight excluding hydrogens is 400 g/mol. The number of fused-ring (bicyclic) bond motifs is 2. The SMILES string of the molecule is O=S(=O)(C(=Cc1ccc2c(c1)OCCO2)c1nc2ccccc2[nH]1)c1ccccc1. The van der Waals surface area contributed by atoms with Crippen LogP contribution in [0.25, 0.3) is 22.0 Å². The van der Waals surface area contributed by atoms with Crippen molar-refractivity contribution in [2.45, 2.75) is 4.90 Å². The molecule has 3 aromatic carbocycles. The Kier molecular flexibility index (Phi) is 4.52. The van der Waals surface area contributed by atoms with Gasteiger partial charge in [-0.05, 0) is 48.0 Å². The summed E-state index contributed by atoms with van der Waals surface area (Å²) in [5, 5.41) is 0. The third kappa shape index (κ3) is 3.33. The molecular formula is C23H18N2O4S. The largest absolute Gasteiger partial charge is 0.486 e. The number of hydrogen-bond donors (Lipinski definition) is 1. The molecule has 0 spiro atoms. The summed E-state index contributed by atoms with van der Waals surface area (Å²) in [6.45, 7) is 0.952. The zero-order valence-corrected chi connectivity index (χ0v) is 16.7. The second kappa shape index (κ2) is 7.35. The highest BCUT2D eigenvalue weighted by Gasteiger charge is 2.25. The Morgan fingerprint density at radius 3 is 2.43 bits per heavy atom. The molecule has 6 nitrogen and oxygen atoms in total. The highest BCUT2D eigenvalue weighted by molar-refractivity contribution is 8.00.